The topological polar surface area (TPSA) is 121 Å². The number of piperidine rings is 1. The second kappa shape index (κ2) is 9.88. The molecule has 1 aromatic carbocycles. The van der Waals surface area contributed by atoms with Crippen molar-refractivity contribution in [1.29, 1.82) is 0 Å². The summed E-state index contributed by atoms with van der Waals surface area (Å²) in [7, 11) is -3.62. The molecule has 0 atom stereocenters. The molecule has 2 N–H and O–H groups in total. The normalized spacial score (nSPS) is 15.0. The highest BCUT2D eigenvalue weighted by Crippen LogP contribution is 2.25. The zero-order chi connectivity index (χ0) is 23.3. The minimum absolute atomic E-state index is 0.151. The third kappa shape index (κ3) is 5.41. The van der Waals surface area contributed by atoms with Crippen molar-refractivity contribution in [3.05, 3.63) is 78.9 Å². The minimum atomic E-state index is -3.62. The van der Waals surface area contributed by atoms with E-state index >= 15 is 0 Å². The molecule has 10 heteroatoms. The summed E-state index contributed by atoms with van der Waals surface area (Å²) in [5.41, 5.74) is 1.52. The number of nitrogens with zero attached hydrogens (tertiary/aromatic N) is 3. The molecule has 0 aliphatic carbocycles. The van der Waals surface area contributed by atoms with Crippen molar-refractivity contribution in [2.24, 2.45) is 5.92 Å². The zero-order valence-corrected chi connectivity index (χ0v) is 18.5. The van der Waals surface area contributed by atoms with Gasteiger partial charge in [-0.3, -0.25) is 19.6 Å². The lowest BCUT2D eigenvalue weighted by molar-refractivity contribution is -0.120. The number of hydrogen-bond donors (Lipinski definition) is 2. The molecule has 0 radical (unpaired) electrons. The highest BCUT2D eigenvalue weighted by Gasteiger charge is 2.32. The fourth-order valence-electron chi connectivity index (χ4n) is 3.63. The van der Waals surface area contributed by atoms with E-state index < -0.39 is 10.0 Å². The van der Waals surface area contributed by atoms with Crippen LogP contribution in [0.2, 0.25) is 0 Å². The zero-order valence-electron chi connectivity index (χ0n) is 17.7. The van der Waals surface area contributed by atoms with Crippen molar-refractivity contribution in [3.63, 3.8) is 0 Å². The molecule has 0 spiro atoms. The first-order valence-corrected chi connectivity index (χ1v) is 11.9. The molecule has 170 valence electrons. The number of benzene rings is 1. The summed E-state index contributed by atoms with van der Waals surface area (Å²) in [5.74, 6) is -0.781. The van der Waals surface area contributed by atoms with Gasteiger partial charge in [0.2, 0.25) is 15.9 Å². The highest BCUT2D eigenvalue weighted by atomic mass is 32.2. The molecule has 33 heavy (non-hydrogen) atoms. The Morgan fingerprint density at radius 1 is 0.879 bits per heavy atom. The Labute approximate surface area is 191 Å². The van der Waals surface area contributed by atoms with Crippen LogP contribution in [0.1, 0.15) is 23.2 Å². The summed E-state index contributed by atoms with van der Waals surface area (Å²) < 4.78 is 26.9. The summed E-state index contributed by atoms with van der Waals surface area (Å²) in [5, 5.41) is 5.65. The van der Waals surface area contributed by atoms with E-state index in [1.54, 1.807) is 48.7 Å². The van der Waals surface area contributed by atoms with Crippen LogP contribution in [-0.4, -0.2) is 47.6 Å². The van der Waals surface area contributed by atoms with E-state index in [1.807, 2.05) is 0 Å². The van der Waals surface area contributed by atoms with Crippen LogP contribution in [0.4, 0.5) is 11.4 Å². The van der Waals surface area contributed by atoms with E-state index in [9.17, 15) is 18.0 Å². The molecule has 2 aromatic heterocycles. The van der Waals surface area contributed by atoms with Gasteiger partial charge in [-0.2, -0.15) is 4.31 Å². The van der Waals surface area contributed by atoms with Crippen molar-refractivity contribution >= 4 is 33.2 Å². The molecule has 1 aliphatic heterocycles. The number of rotatable bonds is 6. The number of aromatic nitrogens is 2. The molecule has 1 fully saturated rings. The van der Waals surface area contributed by atoms with Gasteiger partial charge in [0.25, 0.3) is 5.91 Å². The smallest absolute Gasteiger partial charge is 0.257 e. The van der Waals surface area contributed by atoms with Gasteiger partial charge in [-0.05, 0) is 55.3 Å². The fourth-order valence-corrected chi connectivity index (χ4v) is 5.06. The van der Waals surface area contributed by atoms with Gasteiger partial charge in [-0.15, -0.1) is 0 Å². The predicted molar refractivity (Wildman–Crippen MR) is 123 cm³/mol. The molecule has 1 saturated heterocycles. The Hall–Kier alpha value is -3.63. The quantitative estimate of drug-likeness (QED) is 0.577. The number of amides is 2. The maximum atomic E-state index is 12.8. The summed E-state index contributed by atoms with van der Waals surface area (Å²) in [6.07, 6.45) is 6.75. The molecule has 2 amide bonds. The molecule has 3 aromatic rings. The van der Waals surface area contributed by atoms with Crippen LogP contribution in [0.25, 0.3) is 0 Å². The Morgan fingerprint density at radius 2 is 1.55 bits per heavy atom. The standard InChI is InChI=1S/C23H23N5O4S/c29-22(17-8-12-28(13-9-17)33(31,32)21-7-3-11-25-16-21)26-19-5-1-6-20(14-19)27-23(30)18-4-2-10-24-15-18/h1-7,10-11,14-17H,8-9,12-13H2,(H,26,29)(H,27,30). The lowest BCUT2D eigenvalue weighted by atomic mass is 9.97. The van der Waals surface area contributed by atoms with Crippen LogP contribution in [0.15, 0.2) is 78.2 Å². The summed E-state index contributed by atoms with van der Waals surface area (Å²) in [6, 6.07) is 13.3. The number of carbonyl (C=O) groups is 2. The average Bonchev–Trinajstić information content (AvgIpc) is 2.85. The maximum absolute atomic E-state index is 12.8. The van der Waals surface area contributed by atoms with Crippen LogP contribution in [0.5, 0.6) is 0 Å². The SMILES string of the molecule is O=C(Nc1cccc(NC(=O)C2CCN(S(=O)(=O)c3cccnc3)CC2)c1)c1cccnc1. The molecule has 0 saturated carbocycles. The number of carbonyl (C=O) groups excluding carboxylic acids is 2. The second-order valence-electron chi connectivity index (χ2n) is 7.63. The van der Waals surface area contributed by atoms with E-state index in [2.05, 4.69) is 20.6 Å². The molecule has 1 aliphatic rings. The van der Waals surface area contributed by atoms with Gasteiger partial charge >= 0.3 is 0 Å². The predicted octanol–water partition coefficient (Wildman–Crippen LogP) is 2.77. The lowest BCUT2D eigenvalue weighted by Gasteiger charge is -2.30. The number of hydrogen-bond acceptors (Lipinski definition) is 6. The van der Waals surface area contributed by atoms with Gasteiger partial charge in [-0.25, -0.2) is 8.42 Å². The lowest BCUT2D eigenvalue weighted by Crippen LogP contribution is -2.41. The van der Waals surface area contributed by atoms with Crippen LogP contribution in [0, 0.1) is 5.92 Å². The molecule has 9 nitrogen and oxygen atoms in total. The van der Waals surface area contributed by atoms with Gasteiger partial charge in [0, 0.05) is 55.2 Å². The van der Waals surface area contributed by atoms with Gasteiger partial charge in [0.15, 0.2) is 0 Å². The van der Waals surface area contributed by atoms with E-state index in [0.29, 0.717) is 29.8 Å². The third-order valence-corrected chi connectivity index (χ3v) is 7.29. The van der Waals surface area contributed by atoms with Crippen LogP contribution in [-0.2, 0) is 14.8 Å². The fraction of sp³-hybridized carbons (Fsp3) is 0.217. The van der Waals surface area contributed by atoms with Gasteiger partial charge in [0.1, 0.15) is 4.90 Å². The Morgan fingerprint density at radius 3 is 2.18 bits per heavy atom. The van der Waals surface area contributed by atoms with Crippen molar-refractivity contribution in [3.8, 4) is 0 Å². The van der Waals surface area contributed by atoms with Crippen LogP contribution >= 0.6 is 0 Å². The summed E-state index contributed by atoms with van der Waals surface area (Å²) in [4.78, 5) is 33.0. The first-order chi connectivity index (χ1) is 15.9. The first-order valence-electron chi connectivity index (χ1n) is 10.5. The molecular weight excluding hydrogens is 442 g/mol. The highest BCUT2D eigenvalue weighted by molar-refractivity contribution is 7.89. The van der Waals surface area contributed by atoms with Gasteiger partial charge < -0.3 is 10.6 Å². The van der Waals surface area contributed by atoms with E-state index in [0.717, 1.165) is 0 Å². The Bertz CT molecular complexity index is 1230. The monoisotopic (exact) mass is 465 g/mol. The molecule has 4 rings (SSSR count). The molecular formula is C23H23N5O4S. The van der Waals surface area contributed by atoms with Crippen molar-refractivity contribution in [2.75, 3.05) is 23.7 Å². The summed E-state index contributed by atoms with van der Waals surface area (Å²) in [6.45, 7) is 0.521. The first kappa shape index (κ1) is 22.6. The third-order valence-electron chi connectivity index (χ3n) is 5.41. The van der Waals surface area contributed by atoms with Crippen LogP contribution < -0.4 is 10.6 Å². The number of anilines is 2. The Balaban J connectivity index is 1.34. The maximum Gasteiger partial charge on any atom is 0.257 e. The van der Waals surface area contributed by atoms with E-state index in [4.69, 9.17) is 0 Å². The summed E-state index contributed by atoms with van der Waals surface area (Å²) >= 11 is 0. The van der Waals surface area contributed by atoms with Gasteiger partial charge in [-0.1, -0.05) is 6.07 Å². The molecule has 3 heterocycles. The Kier molecular flexibility index (Phi) is 6.76. The van der Waals surface area contributed by atoms with E-state index in [-0.39, 0.29) is 35.7 Å². The minimum Gasteiger partial charge on any atom is -0.326 e. The number of sulfonamides is 1. The van der Waals surface area contributed by atoms with Crippen molar-refractivity contribution in [2.45, 2.75) is 17.7 Å². The number of pyridine rings is 2. The van der Waals surface area contributed by atoms with Crippen molar-refractivity contribution in [1.82, 2.24) is 14.3 Å². The average molecular weight is 466 g/mol. The van der Waals surface area contributed by atoms with Crippen molar-refractivity contribution < 1.29 is 18.0 Å². The number of nitrogens with one attached hydrogen (secondary N) is 2. The second-order valence-corrected chi connectivity index (χ2v) is 9.57. The molecule has 0 unspecified atom stereocenters. The largest absolute Gasteiger partial charge is 0.326 e. The molecule has 0 bridgehead atoms. The van der Waals surface area contributed by atoms with Crippen LogP contribution in [0.3, 0.4) is 0 Å². The van der Waals surface area contributed by atoms with E-state index in [1.165, 1.54) is 29.0 Å². The van der Waals surface area contributed by atoms with Gasteiger partial charge in [0.05, 0.1) is 5.56 Å².